The first-order chi connectivity index (χ1) is 8.25. The van der Waals surface area contributed by atoms with Crippen LogP contribution in [0, 0.1) is 12.7 Å². The third kappa shape index (κ3) is 1.60. The highest BCUT2D eigenvalue weighted by molar-refractivity contribution is 5.66. The van der Waals surface area contributed by atoms with Crippen LogP contribution in [0.4, 0.5) is 4.39 Å². The largest absolute Gasteiger partial charge is 0.304 e. The highest BCUT2D eigenvalue weighted by atomic mass is 19.1. The van der Waals surface area contributed by atoms with Gasteiger partial charge in [-0.15, -0.1) is 0 Å². The lowest BCUT2D eigenvalue weighted by Gasteiger charge is -1.99. The quantitative estimate of drug-likeness (QED) is 0.621. The van der Waals surface area contributed by atoms with E-state index in [0.717, 1.165) is 16.8 Å². The molecule has 1 aromatic carbocycles. The van der Waals surface area contributed by atoms with Crippen LogP contribution in [-0.4, -0.2) is 9.38 Å². The lowest BCUT2D eigenvalue weighted by molar-refractivity contribution is 0.630. The Morgan fingerprint density at radius 2 is 1.94 bits per heavy atom. The Balaban J connectivity index is 2.26. The maximum absolute atomic E-state index is 13.5. The summed E-state index contributed by atoms with van der Waals surface area (Å²) >= 11 is 0. The molecule has 0 amide bonds. The molecule has 0 aliphatic heterocycles. The van der Waals surface area contributed by atoms with E-state index in [1.807, 2.05) is 37.4 Å². The van der Waals surface area contributed by atoms with Crippen molar-refractivity contribution in [3.05, 3.63) is 60.2 Å². The zero-order valence-corrected chi connectivity index (χ0v) is 9.39. The molecule has 2 nitrogen and oxygen atoms in total. The first kappa shape index (κ1) is 10.0. The minimum absolute atomic E-state index is 0.299. The Hall–Kier alpha value is -2.16. The van der Waals surface area contributed by atoms with Crippen LogP contribution in [0.1, 0.15) is 5.56 Å². The van der Waals surface area contributed by atoms with Crippen molar-refractivity contribution < 1.29 is 4.39 Å². The van der Waals surface area contributed by atoms with Gasteiger partial charge in [0, 0.05) is 18.0 Å². The fraction of sp³-hybridized carbons (Fsp3) is 0.0714. The van der Waals surface area contributed by atoms with E-state index in [4.69, 9.17) is 0 Å². The molecule has 0 saturated carbocycles. The molecule has 0 aliphatic rings. The molecule has 0 N–H and O–H groups in total. The molecular weight excluding hydrogens is 215 g/mol. The molecule has 3 rings (SSSR count). The Labute approximate surface area is 98.4 Å². The summed E-state index contributed by atoms with van der Waals surface area (Å²) in [6, 6.07) is 11.1. The third-order valence-corrected chi connectivity index (χ3v) is 2.86. The Morgan fingerprint density at radius 1 is 1.12 bits per heavy atom. The second-order valence-electron chi connectivity index (χ2n) is 4.03. The number of nitrogens with zero attached hydrogens (tertiary/aromatic N) is 2. The molecule has 2 aromatic heterocycles. The van der Waals surface area contributed by atoms with E-state index in [0.29, 0.717) is 5.65 Å². The lowest BCUT2D eigenvalue weighted by Crippen LogP contribution is -1.85. The van der Waals surface area contributed by atoms with Crippen molar-refractivity contribution in [3.63, 3.8) is 0 Å². The van der Waals surface area contributed by atoms with Crippen molar-refractivity contribution >= 4 is 5.65 Å². The number of halogens is 1. The summed E-state index contributed by atoms with van der Waals surface area (Å²) in [6.07, 6.45) is 3.65. The first-order valence-corrected chi connectivity index (χ1v) is 5.45. The van der Waals surface area contributed by atoms with Crippen molar-refractivity contribution in [3.8, 4) is 11.3 Å². The van der Waals surface area contributed by atoms with E-state index in [-0.39, 0.29) is 5.82 Å². The summed E-state index contributed by atoms with van der Waals surface area (Å²) in [7, 11) is 0. The second kappa shape index (κ2) is 3.70. The average Bonchev–Trinajstić information content (AvgIpc) is 2.75. The van der Waals surface area contributed by atoms with Crippen LogP contribution < -0.4 is 0 Å². The van der Waals surface area contributed by atoms with Gasteiger partial charge >= 0.3 is 0 Å². The van der Waals surface area contributed by atoms with Gasteiger partial charge in [-0.3, -0.25) is 0 Å². The normalized spacial score (nSPS) is 10.9. The molecule has 0 fully saturated rings. The molecule has 0 saturated heterocycles. The van der Waals surface area contributed by atoms with E-state index in [1.54, 1.807) is 16.7 Å². The monoisotopic (exact) mass is 226 g/mol. The zero-order chi connectivity index (χ0) is 11.8. The van der Waals surface area contributed by atoms with E-state index < -0.39 is 0 Å². The molecule has 0 spiro atoms. The first-order valence-electron chi connectivity index (χ1n) is 5.45. The number of aromatic nitrogens is 2. The maximum Gasteiger partial charge on any atom is 0.173 e. The summed E-state index contributed by atoms with van der Waals surface area (Å²) < 4.78 is 15.2. The van der Waals surface area contributed by atoms with Crippen LogP contribution in [0.15, 0.2) is 48.8 Å². The maximum atomic E-state index is 13.5. The van der Waals surface area contributed by atoms with E-state index in [2.05, 4.69) is 4.98 Å². The number of aryl methyl sites for hydroxylation is 1. The van der Waals surface area contributed by atoms with Gasteiger partial charge in [0.1, 0.15) is 0 Å². The molecule has 84 valence electrons. The van der Waals surface area contributed by atoms with Crippen molar-refractivity contribution in [1.82, 2.24) is 9.38 Å². The number of fused-ring (bicyclic) bond motifs is 1. The van der Waals surface area contributed by atoms with Crippen molar-refractivity contribution in [2.75, 3.05) is 0 Å². The summed E-state index contributed by atoms with van der Waals surface area (Å²) in [5.74, 6) is -0.299. The predicted molar refractivity (Wildman–Crippen MR) is 65.3 cm³/mol. The van der Waals surface area contributed by atoms with Crippen LogP contribution in [-0.2, 0) is 0 Å². The van der Waals surface area contributed by atoms with Crippen LogP contribution in [0.25, 0.3) is 16.9 Å². The van der Waals surface area contributed by atoms with Gasteiger partial charge in [-0.2, -0.15) is 0 Å². The van der Waals surface area contributed by atoms with E-state index in [9.17, 15) is 4.39 Å². The van der Waals surface area contributed by atoms with Crippen LogP contribution >= 0.6 is 0 Å². The summed E-state index contributed by atoms with van der Waals surface area (Å²) in [5.41, 5.74) is 3.34. The third-order valence-electron chi connectivity index (χ3n) is 2.86. The second-order valence-corrected chi connectivity index (χ2v) is 4.03. The van der Waals surface area contributed by atoms with Gasteiger partial charge in [0.05, 0.1) is 5.69 Å². The van der Waals surface area contributed by atoms with E-state index in [1.165, 1.54) is 6.07 Å². The number of hydrogen-bond acceptors (Lipinski definition) is 1. The van der Waals surface area contributed by atoms with Gasteiger partial charge in [-0.05, 0) is 24.6 Å². The minimum atomic E-state index is -0.299. The van der Waals surface area contributed by atoms with Gasteiger partial charge in [0.15, 0.2) is 11.5 Å². The van der Waals surface area contributed by atoms with Gasteiger partial charge in [-0.1, -0.05) is 24.3 Å². The van der Waals surface area contributed by atoms with Gasteiger partial charge in [-0.25, -0.2) is 9.37 Å². The summed E-state index contributed by atoms with van der Waals surface area (Å²) in [6.45, 7) is 2.02. The number of pyridine rings is 1. The van der Waals surface area contributed by atoms with Gasteiger partial charge in [0.25, 0.3) is 0 Å². The van der Waals surface area contributed by atoms with Crippen LogP contribution in [0.5, 0.6) is 0 Å². The standard InChI is InChI=1S/C14H11FN2/c1-10-5-2-3-6-11(10)13-9-17-8-4-7-12(15)14(17)16-13/h2-9H,1H3. The molecular formula is C14H11FN2. The fourth-order valence-electron chi connectivity index (χ4n) is 1.97. The van der Waals surface area contributed by atoms with Crippen molar-refractivity contribution in [1.29, 1.82) is 0 Å². The van der Waals surface area contributed by atoms with Crippen LogP contribution in [0.3, 0.4) is 0 Å². The molecule has 3 aromatic rings. The Bertz CT molecular complexity index is 686. The molecule has 2 heterocycles. The van der Waals surface area contributed by atoms with Crippen LogP contribution in [0.2, 0.25) is 0 Å². The molecule has 0 bridgehead atoms. The molecule has 0 unspecified atom stereocenters. The molecule has 3 heteroatoms. The molecule has 17 heavy (non-hydrogen) atoms. The number of rotatable bonds is 1. The van der Waals surface area contributed by atoms with Crippen molar-refractivity contribution in [2.45, 2.75) is 6.92 Å². The molecule has 0 aliphatic carbocycles. The summed E-state index contributed by atoms with van der Waals surface area (Å²) in [4.78, 5) is 4.33. The van der Waals surface area contributed by atoms with Crippen molar-refractivity contribution in [2.24, 2.45) is 0 Å². The lowest BCUT2D eigenvalue weighted by atomic mass is 10.1. The van der Waals surface area contributed by atoms with Gasteiger partial charge in [0.2, 0.25) is 0 Å². The highest BCUT2D eigenvalue weighted by Gasteiger charge is 2.08. The number of benzene rings is 1. The molecule has 0 radical (unpaired) electrons. The topological polar surface area (TPSA) is 17.3 Å². The smallest absolute Gasteiger partial charge is 0.173 e. The Kier molecular flexibility index (Phi) is 2.18. The Morgan fingerprint density at radius 3 is 2.71 bits per heavy atom. The van der Waals surface area contributed by atoms with Gasteiger partial charge < -0.3 is 4.40 Å². The fourth-order valence-corrected chi connectivity index (χ4v) is 1.97. The average molecular weight is 226 g/mol. The SMILES string of the molecule is Cc1ccccc1-c1cn2cccc(F)c2n1. The summed E-state index contributed by atoms with van der Waals surface area (Å²) in [5, 5.41) is 0. The molecule has 0 atom stereocenters. The number of hydrogen-bond donors (Lipinski definition) is 0. The van der Waals surface area contributed by atoms with E-state index >= 15 is 0 Å². The minimum Gasteiger partial charge on any atom is -0.304 e. The zero-order valence-electron chi connectivity index (χ0n) is 9.39. The number of imidazole rings is 1. The predicted octanol–water partition coefficient (Wildman–Crippen LogP) is 3.45. The highest BCUT2D eigenvalue weighted by Crippen LogP contribution is 2.23.